The highest BCUT2D eigenvalue weighted by Crippen LogP contribution is 2.24. The van der Waals surface area contributed by atoms with E-state index >= 15 is 0 Å². The van der Waals surface area contributed by atoms with E-state index in [1.54, 1.807) is 12.1 Å². The molecule has 0 unspecified atom stereocenters. The summed E-state index contributed by atoms with van der Waals surface area (Å²) in [5.74, 6) is -0.226. The number of pyridine rings is 1. The van der Waals surface area contributed by atoms with Crippen LogP contribution in [0.2, 0.25) is 0 Å². The van der Waals surface area contributed by atoms with Crippen molar-refractivity contribution in [3.63, 3.8) is 0 Å². The lowest BCUT2D eigenvalue weighted by atomic mass is 10.0. The minimum atomic E-state index is -0.226. The maximum absolute atomic E-state index is 13.4. The van der Waals surface area contributed by atoms with Crippen LogP contribution >= 0.6 is 0 Å². The maximum Gasteiger partial charge on any atom is 0.123 e. The molecule has 22 heavy (non-hydrogen) atoms. The SMILES string of the molecule is Cc1nc2ccc(F)cc2cc1Cc1c[nH]c2ccccc12. The van der Waals surface area contributed by atoms with Gasteiger partial charge in [-0.25, -0.2) is 4.39 Å². The number of hydrogen-bond donors (Lipinski definition) is 1. The van der Waals surface area contributed by atoms with Gasteiger partial charge < -0.3 is 4.98 Å². The number of fused-ring (bicyclic) bond motifs is 2. The van der Waals surface area contributed by atoms with Crippen molar-refractivity contribution in [2.24, 2.45) is 0 Å². The molecule has 0 spiro atoms. The van der Waals surface area contributed by atoms with E-state index < -0.39 is 0 Å². The number of nitrogens with zero attached hydrogens (tertiary/aromatic N) is 1. The lowest BCUT2D eigenvalue weighted by Crippen LogP contribution is -1.95. The van der Waals surface area contributed by atoms with Crippen molar-refractivity contribution < 1.29 is 4.39 Å². The zero-order valence-electron chi connectivity index (χ0n) is 12.2. The van der Waals surface area contributed by atoms with Crippen LogP contribution in [0.5, 0.6) is 0 Å². The normalized spacial score (nSPS) is 11.4. The molecule has 2 aromatic heterocycles. The van der Waals surface area contributed by atoms with E-state index in [9.17, 15) is 4.39 Å². The van der Waals surface area contributed by atoms with Gasteiger partial charge in [0, 0.05) is 34.6 Å². The summed E-state index contributed by atoms with van der Waals surface area (Å²) in [7, 11) is 0. The Balaban J connectivity index is 1.82. The van der Waals surface area contributed by atoms with Crippen molar-refractivity contribution in [1.29, 1.82) is 0 Å². The lowest BCUT2D eigenvalue weighted by molar-refractivity contribution is 0.629. The van der Waals surface area contributed by atoms with Crippen LogP contribution in [-0.2, 0) is 6.42 Å². The fourth-order valence-corrected chi connectivity index (χ4v) is 2.95. The second-order valence-corrected chi connectivity index (χ2v) is 5.61. The van der Waals surface area contributed by atoms with Crippen LogP contribution in [0.3, 0.4) is 0 Å². The molecule has 0 aliphatic carbocycles. The molecule has 0 amide bonds. The Morgan fingerprint density at radius 1 is 1.05 bits per heavy atom. The molecule has 0 saturated carbocycles. The first-order chi connectivity index (χ1) is 10.7. The van der Waals surface area contributed by atoms with Gasteiger partial charge in [-0.1, -0.05) is 18.2 Å². The summed E-state index contributed by atoms with van der Waals surface area (Å²) in [6.45, 7) is 2.01. The number of aromatic nitrogens is 2. The van der Waals surface area contributed by atoms with E-state index in [1.165, 1.54) is 17.0 Å². The number of aromatic amines is 1. The first-order valence-corrected chi connectivity index (χ1v) is 7.31. The molecular weight excluding hydrogens is 275 g/mol. The average molecular weight is 290 g/mol. The Bertz CT molecular complexity index is 985. The van der Waals surface area contributed by atoms with Gasteiger partial charge in [0.15, 0.2) is 0 Å². The van der Waals surface area contributed by atoms with Gasteiger partial charge >= 0.3 is 0 Å². The van der Waals surface area contributed by atoms with Crippen LogP contribution in [-0.4, -0.2) is 9.97 Å². The molecule has 0 fully saturated rings. The number of hydrogen-bond acceptors (Lipinski definition) is 1. The van der Waals surface area contributed by atoms with Gasteiger partial charge in [-0.05, 0) is 48.4 Å². The van der Waals surface area contributed by atoms with Crippen LogP contribution in [0.1, 0.15) is 16.8 Å². The van der Waals surface area contributed by atoms with Gasteiger partial charge in [-0.15, -0.1) is 0 Å². The molecule has 1 N–H and O–H groups in total. The first kappa shape index (κ1) is 13.0. The molecule has 4 rings (SSSR count). The molecular formula is C19H15FN2. The second-order valence-electron chi connectivity index (χ2n) is 5.61. The lowest BCUT2D eigenvalue weighted by Gasteiger charge is -2.07. The molecule has 108 valence electrons. The van der Waals surface area contributed by atoms with Crippen molar-refractivity contribution in [1.82, 2.24) is 9.97 Å². The Morgan fingerprint density at radius 2 is 1.91 bits per heavy atom. The minimum absolute atomic E-state index is 0.226. The summed E-state index contributed by atoms with van der Waals surface area (Å²) in [5, 5.41) is 2.07. The number of rotatable bonds is 2. The van der Waals surface area contributed by atoms with E-state index in [4.69, 9.17) is 0 Å². The molecule has 2 heterocycles. The van der Waals surface area contributed by atoms with E-state index in [0.717, 1.165) is 34.1 Å². The standard InChI is InChI=1S/C19H15FN2/c1-12-13(8-14-10-16(20)6-7-18(14)22-12)9-15-11-21-19-5-3-2-4-17(15)19/h2-8,10-11,21H,9H2,1H3. The molecule has 0 saturated heterocycles. The maximum atomic E-state index is 13.4. The summed E-state index contributed by atoms with van der Waals surface area (Å²) in [4.78, 5) is 7.89. The highest BCUT2D eigenvalue weighted by Gasteiger charge is 2.08. The number of H-pyrrole nitrogens is 1. The molecule has 2 aromatic carbocycles. The van der Waals surface area contributed by atoms with E-state index in [-0.39, 0.29) is 5.82 Å². The Labute approximate surface area is 127 Å². The summed E-state index contributed by atoms with van der Waals surface area (Å²) >= 11 is 0. The van der Waals surface area contributed by atoms with Crippen molar-refractivity contribution in [2.45, 2.75) is 13.3 Å². The number of nitrogens with one attached hydrogen (secondary N) is 1. The summed E-state index contributed by atoms with van der Waals surface area (Å²) in [5.41, 5.74) is 5.32. The van der Waals surface area contributed by atoms with Gasteiger partial charge in [0.1, 0.15) is 5.82 Å². The van der Waals surface area contributed by atoms with Crippen LogP contribution in [0.15, 0.2) is 54.7 Å². The summed E-state index contributed by atoms with van der Waals surface area (Å²) in [6.07, 6.45) is 2.83. The fraction of sp³-hybridized carbons (Fsp3) is 0.105. The molecule has 3 heteroatoms. The third kappa shape index (κ3) is 2.15. The average Bonchev–Trinajstić information content (AvgIpc) is 2.92. The number of benzene rings is 2. The number of para-hydroxylation sites is 1. The van der Waals surface area contributed by atoms with Gasteiger partial charge in [0.05, 0.1) is 5.52 Å². The molecule has 2 nitrogen and oxygen atoms in total. The highest BCUT2D eigenvalue weighted by molar-refractivity contribution is 5.84. The van der Waals surface area contributed by atoms with Crippen LogP contribution in [0.4, 0.5) is 4.39 Å². The second kappa shape index (κ2) is 4.95. The van der Waals surface area contributed by atoms with Crippen LogP contribution in [0.25, 0.3) is 21.8 Å². The minimum Gasteiger partial charge on any atom is -0.361 e. The zero-order valence-corrected chi connectivity index (χ0v) is 12.2. The van der Waals surface area contributed by atoms with Crippen molar-refractivity contribution >= 4 is 21.8 Å². The van der Waals surface area contributed by atoms with Crippen LogP contribution < -0.4 is 0 Å². The molecule has 4 aromatic rings. The van der Waals surface area contributed by atoms with Crippen molar-refractivity contribution in [3.05, 3.63) is 77.4 Å². The smallest absolute Gasteiger partial charge is 0.123 e. The molecule has 0 bridgehead atoms. The quantitative estimate of drug-likeness (QED) is 0.567. The Hall–Kier alpha value is -2.68. The van der Waals surface area contributed by atoms with Gasteiger partial charge in [-0.3, -0.25) is 4.98 Å². The summed E-state index contributed by atoms with van der Waals surface area (Å²) < 4.78 is 13.4. The number of aryl methyl sites for hydroxylation is 1. The van der Waals surface area contributed by atoms with E-state index in [2.05, 4.69) is 22.1 Å². The zero-order chi connectivity index (χ0) is 15.1. The van der Waals surface area contributed by atoms with Gasteiger partial charge in [-0.2, -0.15) is 0 Å². The first-order valence-electron chi connectivity index (χ1n) is 7.31. The highest BCUT2D eigenvalue weighted by atomic mass is 19.1. The molecule has 0 aliphatic rings. The topological polar surface area (TPSA) is 28.7 Å². The third-order valence-corrected chi connectivity index (χ3v) is 4.13. The van der Waals surface area contributed by atoms with Crippen LogP contribution in [0, 0.1) is 12.7 Å². The molecule has 0 radical (unpaired) electrons. The van der Waals surface area contributed by atoms with Gasteiger partial charge in [0.2, 0.25) is 0 Å². The number of halogens is 1. The molecule has 0 atom stereocenters. The Morgan fingerprint density at radius 3 is 2.82 bits per heavy atom. The van der Waals surface area contributed by atoms with Crippen molar-refractivity contribution in [2.75, 3.05) is 0 Å². The summed E-state index contributed by atoms with van der Waals surface area (Å²) in [6, 6.07) is 15.0. The third-order valence-electron chi connectivity index (χ3n) is 4.13. The monoisotopic (exact) mass is 290 g/mol. The Kier molecular flexibility index (Phi) is 2.93. The predicted molar refractivity (Wildman–Crippen MR) is 87.5 cm³/mol. The van der Waals surface area contributed by atoms with E-state index in [0.29, 0.717) is 0 Å². The largest absolute Gasteiger partial charge is 0.361 e. The fourth-order valence-electron chi connectivity index (χ4n) is 2.95. The predicted octanol–water partition coefficient (Wildman–Crippen LogP) is 4.75. The van der Waals surface area contributed by atoms with Crippen molar-refractivity contribution in [3.8, 4) is 0 Å². The van der Waals surface area contributed by atoms with Gasteiger partial charge in [0.25, 0.3) is 0 Å². The molecule has 0 aliphatic heterocycles. The van der Waals surface area contributed by atoms with E-state index in [1.807, 2.05) is 31.3 Å².